The number of nitrogen functional groups attached to an aromatic ring is 1. The van der Waals surface area contributed by atoms with Crippen LogP contribution in [0.3, 0.4) is 0 Å². The molecule has 0 amide bonds. The summed E-state index contributed by atoms with van der Waals surface area (Å²) in [6.07, 6.45) is 11.3. The second-order valence-electron chi connectivity index (χ2n) is 7.55. The lowest BCUT2D eigenvalue weighted by Gasteiger charge is -2.40. The van der Waals surface area contributed by atoms with E-state index < -0.39 is 5.60 Å². The van der Waals surface area contributed by atoms with Crippen LogP contribution in [0.25, 0.3) is 0 Å². The van der Waals surface area contributed by atoms with Crippen molar-refractivity contribution >= 4 is 37.5 Å². The Bertz CT molecular complexity index is 610. The summed E-state index contributed by atoms with van der Waals surface area (Å²) in [5.41, 5.74) is 6.89. The molecule has 1 saturated carbocycles. The number of nitrogens with two attached hydrogens (primary N) is 1. The van der Waals surface area contributed by atoms with Crippen molar-refractivity contribution in [2.45, 2.75) is 50.5 Å². The van der Waals surface area contributed by atoms with Gasteiger partial charge in [0.2, 0.25) is 0 Å². The summed E-state index contributed by atoms with van der Waals surface area (Å²) in [4.78, 5) is 2.30. The van der Waals surface area contributed by atoms with E-state index in [1.165, 1.54) is 19.3 Å². The smallest absolute Gasteiger partial charge is 0.0925 e. The third-order valence-corrected chi connectivity index (χ3v) is 6.98. The number of rotatable bonds is 10. The first-order valence-corrected chi connectivity index (χ1v) is 11.4. The molecule has 27 heavy (non-hydrogen) atoms. The molecule has 0 saturated heterocycles. The van der Waals surface area contributed by atoms with Crippen LogP contribution < -0.4 is 5.73 Å². The van der Waals surface area contributed by atoms with Crippen molar-refractivity contribution in [1.29, 1.82) is 0 Å². The summed E-state index contributed by atoms with van der Waals surface area (Å²) in [7, 11) is 0. The molecule has 1 atom stereocenters. The topological polar surface area (TPSA) is 49.5 Å². The highest BCUT2D eigenvalue weighted by molar-refractivity contribution is 9.11. The van der Waals surface area contributed by atoms with Crippen molar-refractivity contribution in [2.24, 2.45) is 5.92 Å². The largest absolute Gasteiger partial charge is 0.397 e. The minimum atomic E-state index is -0.826. The van der Waals surface area contributed by atoms with Gasteiger partial charge in [0.15, 0.2) is 0 Å². The van der Waals surface area contributed by atoms with E-state index in [9.17, 15) is 5.11 Å². The molecule has 0 aliphatic heterocycles. The van der Waals surface area contributed by atoms with E-state index in [-0.39, 0.29) is 0 Å². The van der Waals surface area contributed by atoms with Crippen LogP contribution in [0.15, 0.2) is 46.4 Å². The molecule has 0 heterocycles. The minimum Gasteiger partial charge on any atom is -0.397 e. The number of nitrogens with zero attached hydrogens (tertiary/aromatic N) is 1. The SMILES string of the molecule is C=CCN(CC=C)CCCC(O)(c1cc(Br)c(N)c(Br)c1)C1CCCCC1. The van der Waals surface area contributed by atoms with Crippen molar-refractivity contribution in [1.82, 2.24) is 4.90 Å². The van der Waals surface area contributed by atoms with Crippen molar-refractivity contribution < 1.29 is 5.11 Å². The molecule has 0 spiro atoms. The third kappa shape index (κ3) is 5.93. The average molecular weight is 500 g/mol. The van der Waals surface area contributed by atoms with Crippen molar-refractivity contribution in [3.8, 4) is 0 Å². The maximum atomic E-state index is 11.9. The Morgan fingerprint density at radius 1 is 1.11 bits per heavy atom. The van der Waals surface area contributed by atoms with E-state index in [2.05, 4.69) is 49.9 Å². The molecular weight excluding hydrogens is 468 g/mol. The van der Waals surface area contributed by atoms with E-state index in [1.807, 2.05) is 24.3 Å². The summed E-state index contributed by atoms with van der Waals surface area (Å²) >= 11 is 7.10. The molecule has 1 unspecified atom stereocenters. The van der Waals surface area contributed by atoms with Crippen LogP contribution in [0.5, 0.6) is 0 Å². The molecule has 1 aromatic carbocycles. The van der Waals surface area contributed by atoms with Gasteiger partial charge in [-0.3, -0.25) is 4.90 Å². The number of aliphatic hydroxyl groups is 1. The summed E-state index contributed by atoms with van der Waals surface area (Å²) in [5.74, 6) is 0.293. The highest BCUT2D eigenvalue weighted by atomic mass is 79.9. The van der Waals surface area contributed by atoms with Gasteiger partial charge in [0, 0.05) is 22.0 Å². The quantitative estimate of drug-likeness (QED) is 0.306. The van der Waals surface area contributed by atoms with Gasteiger partial charge >= 0.3 is 0 Å². The lowest BCUT2D eigenvalue weighted by Crippen LogP contribution is -2.38. The number of halogens is 2. The second-order valence-corrected chi connectivity index (χ2v) is 9.26. The molecule has 1 aromatic rings. The zero-order valence-corrected chi connectivity index (χ0v) is 19.3. The van der Waals surface area contributed by atoms with Crippen LogP contribution in [0.1, 0.15) is 50.5 Å². The first-order chi connectivity index (χ1) is 12.9. The Hall–Kier alpha value is -0.620. The van der Waals surface area contributed by atoms with Crippen LogP contribution in [-0.4, -0.2) is 29.6 Å². The van der Waals surface area contributed by atoms with Gasteiger partial charge in [-0.2, -0.15) is 0 Å². The molecule has 150 valence electrons. The Balaban J connectivity index is 2.22. The Morgan fingerprint density at radius 3 is 2.19 bits per heavy atom. The molecule has 3 N–H and O–H groups in total. The standard InChI is InChI=1S/C22H32Br2N2O/c1-3-12-26(13-4-2)14-8-11-22(27,17-9-6-5-7-10-17)18-15-19(23)21(25)20(24)16-18/h3-4,15-17,27H,1-2,5-14,25H2. The monoisotopic (exact) mass is 498 g/mol. The van der Waals surface area contributed by atoms with Crippen molar-refractivity contribution in [3.63, 3.8) is 0 Å². The van der Waals surface area contributed by atoms with Gasteiger partial charge in [-0.15, -0.1) is 13.2 Å². The summed E-state index contributed by atoms with van der Waals surface area (Å²) in [5, 5.41) is 11.9. The molecule has 0 radical (unpaired) electrons. The highest BCUT2D eigenvalue weighted by Gasteiger charge is 2.39. The van der Waals surface area contributed by atoms with Gasteiger partial charge in [-0.25, -0.2) is 0 Å². The van der Waals surface area contributed by atoms with Gasteiger partial charge in [0.05, 0.1) is 11.3 Å². The third-order valence-electron chi connectivity index (χ3n) is 5.67. The summed E-state index contributed by atoms with van der Waals surface area (Å²) < 4.78 is 1.67. The number of hydrogen-bond acceptors (Lipinski definition) is 3. The van der Waals surface area contributed by atoms with E-state index >= 15 is 0 Å². The Kier molecular flexibility index (Phi) is 9.06. The Morgan fingerprint density at radius 2 is 1.67 bits per heavy atom. The van der Waals surface area contributed by atoms with Gasteiger partial charge in [-0.05, 0) is 87.7 Å². The van der Waals surface area contributed by atoms with E-state index in [0.717, 1.165) is 59.8 Å². The fourth-order valence-corrected chi connectivity index (χ4v) is 5.38. The average Bonchev–Trinajstić information content (AvgIpc) is 2.66. The van der Waals surface area contributed by atoms with Crippen LogP contribution in [0.2, 0.25) is 0 Å². The molecule has 3 nitrogen and oxygen atoms in total. The van der Waals surface area contributed by atoms with Crippen molar-refractivity contribution in [2.75, 3.05) is 25.4 Å². The molecule has 0 aromatic heterocycles. The zero-order valence-electron chi connectivity index (χ0n) is 16.1. The maximum Gasteiger partial charge on any atom is 0.0925 e. The van der Waals surface area contributed by atoms with E-state index in [1.54, 1.807) is 0 Å². The first-order valence-electron chi connectivity index (χ1n) is 9.84. The predicted octanol–water partition coefficient (Wildman–Crippen LogP) is 6.02. The van der Waals surface area contributed by atoms with E-state index in [0.29, 0.717) is 11.6 Å². The lowest BCUT2D eigenvalue weighted by atomic mass is 9.71. The molecular formula is C22H32Br2N2O. The van der Waals surface area contributed by atoms with Crippen LogP contribution in [0, 0.1) is 5.92 Å². The van der Waals surface area contributed by atoms with E-state index in [4.69, 9.17) is 5.73 Å². The predicted molar refractivity (Wildman–Crippen MR) is 123 cm³/mol. The molecule has 2 rings (SSSR count). The minimum absolute atomic E-state index is 0.293. The zero-order chi connectivity index (χ0) is 19.9. The van der Waals surface area contributed by atoms with Gasteiger partial charge in [0.1, 0.15) is 0 Å². The normalized spacial score (nSPS) is 17.6. The summed E-state index contributed by atoms with van der Waals surface area (Å²) in [6.45, 7) is 10.3. The highest BCUT2D eigenvalue weighted by Crippen LogP contribution is 2.45. The summed E-state index contributed by atoms with van der Waals surface area (Å²) in [6, 6.07) is 4.00. The fraction of sp³-hybridized carbons (Fsp3) is 0.545. The number of anilines is 1. The van der Waals surface area contributed by atoms with Gasteiger partial charge in [0.25, 0.3) is 0 Å². The Labute approximate surface area is 181 Å². The molecule has 1 aliphatic rings. The second kappa shape index (κ2) is 10.8. The lowest BCUT2D eigenvalue weighted by molar-refractivity contribution is -0.0488. The first kappa shape index (κ1) is 22.7. The van der Waals surface area contributed by atoms with Crippen LogP contribution >= 0.6 is 31.9 Å². The molecule has 1 aliphatic carbocycles. The maximum absolute atomic E-state index is 11.9. The molecule has 5 heteroatoms. The van der Waals surface area contributed by atoms with Gasteiger partial charge in [-0.1, -0.05) is 31.4 Å². The van der Waals surface area contributed by atoms with Crippen molar-refractivity contribution in [3.05, 3.63) is 52.0 Å². The molecule has 1 fully saturated rings. The number of hydrogen-bond donors (Lipinski definition) is 2. The van der Waals surface area contributed by atoms with Crippen LogP contribution in [-0.2, 0) is 5.60 Å². The van der Waals surface area contributed by atoms with Crippen LogP contribution in [0.4, 0.5) is 5.69 Å². The van der Waals surface area contributed by atoms with Gasteiger partial charge < -0.3 is 10.8 Å². The number of benzene rings is 1. The fourth-order valence-electron chi connectivity index (χ4n) is 4.19. The molecule has 0 bridgehead atoms.